The number of aromatic nitrogens is 5. The van der Waals surface area contributed by atoms with E-state index in [1.54, 1.807) is 18.2 Å². The van der Waals surface area contributed by atoms with Crippen LogP contribution in [0.2, 0.25) is 0 Å². The number of aromatic amines is 1. The van der Waals surface area contributed by atoms with Crippen LogP contribution in [0.3, 0.4) is 0 Å². The number of rotatable bonds is 7. The zero-order chi connectivity index (χ0) is 24.0. The minimum absolute atomic E-state index is 0.186. The van der Waals surface area contributed by atoms with Crippen LogP contribution in [0.25, 0.3) is 32.7 Å². The molecule has 0 radical (unpaired) electrons. The van der Waals surface area contributed by atoms with Crippen LogP contribution in [0.4, 0.5) is 5.13 Å². The van der Waals surface area contributed by atoms with Gasteiger partial charge in [0, 0.05) is 12.1 Å². The van der Waals surface area contributed by atoms with Gasteiger partial charge in [0.25, 0.3) is 0 Å². The lowest BCUT2D eigenvalue weighted by Gasteiger charge is -2.17. The summed E-state index contributed by atoms with van der Waals surface area (Å²) in [7, 11) is -9.00. The highest BCUT2D eigenvalue weighted by molar-refractivity contribution is 7.93. The number of thiazole rings is 1. The quantitative estimate of drug-likeness (QED) is 0.212. The van der Waals surface area contributed by atoms with Crippen LogP contribution in [-0.4, -0.2) is 66.0 Å². The normalized spacial score (nSPS) is 13.4. The number of hydrogen-bond acceptors (Lipinski definition) is 12. The maximum atomic E-state index is 13.0. The Morgan fingerprint density at radius 1 is 1.12 bits per heavy atom. The van der Waals surface area contributed by atoms with Gasteiger partial charge in [-0.3, -0.25) is 0 Å². The summed E-state index contributed by atoms with van der Waals surface area (Å²) < 4.78 is 52.2. The van der Waals surface area contributed by atoms with E-state index in [9.17, 15) is 21.9 Å². The number of benzene rings is 2. The molecule has 0 aliphatic carbocycles. The zero-order valence-electron chi connectivity index (χ0n) is 16.7. The lowest BCUT2D eigenvalue weighted by atomic mass is 9.98. The molecule has 8 N–H and O–H groups in total. The molecule has 2 heterocycles. The first-order valence-corrected chi connectivity index (χ1v) is 13.2. The number of para-hydroxylation sites is 1. The van der Waals surface area contributed by atoms with Crippen molar-refractivity contribution in [1.82, 2.24) is 25.6 Å². The molecule has 0 saturated heterocycles. The molecule has 4 rings (SSSR count). The van der Waals surface area contributed by atoms with Gasteiger partial charge in [-0.1, -0.05) is 29.5 Å². The maximum absolute atomic E-state index is 13.0. The van der Waals surface area contributed by atoms with E-state index in [1.807, 2.05) is 0 Å². The van der Waals surface area contributed by atoms with Crippen LogP contribution >= 0.6 is 11.3 Å². The number of nitrogens with zero attached hydrogens (tertiary/aromatic N) is 4. The fraction of sp³-hybridized carbons (Fsp3) is 0.176. The number of nitrogens with one attached hydrogen (secondary N) is 1. The minimum Gasteiger partial charge on any atom is -0.391 e. The first-order chi connectivity index (χ1) is 15.5. The molecule has 0 aliphatic heterocycles. The average Bonchev–Trinajstić information content (AvgIpc) is 3.40. The van der Waals surface area contributed by atoms with E-state index < -0.39 is 41.5 Å². The van der Waals surface area contributed by atoms with Gasteiger partial charge in [0.05, 0.1) is 32.5 Å². The largest absolute Gasteiger partial charge is 0.391 e. The predicted molar refractivity (Wildman–Crippen MR) is 121 cm³/mol. The van der Waals surface area contributed by atoms with Gasteiger partial charge in [-0.2, -0.15) is 5.21 Å². The molecule has 4 aromatic rings. The summed E-state index contributed by atoms with van der Waals surface area (Å²) in [5, 5.41) is 29.0. The molecule has 16 heteroatoms. The fourth-order valence-corrected chi connectivity index (χ4v) is 7.21. The second-order valence-corrected chi connectivity index (χ2v) is 11.5. The summed E-state index contributed by atoms with van der Waals surface area (Å²) in [5.74, 6) is -1.01. The molecule has 0 fully saturated rings. The molecule has 0 amide bonds. The lowest BCUT2D eigenvalue weighted by molar-refractivity contribution is 0.205. The zero-order valence-corrected chi connectivity index (χ0v) is 19.2. The third-order valence-electron chi connectivity index (χ3n) is 4.72. The Bertz CT molecular complexity index is 1550. The molecule has 2 aromatic carbocycles. The standard InChI is InChI=1S/C17H18N8O5S3/c18-6-8(26)7-32(27,28)12-5-4-9(10-2-1-3-11-14(10)21-17(19)31-11)13(15(12)33(20,29)30)16-22-24-25-23-16/h1-5,8,26H,6-7,18H2,(H2,19,21)(H2,20,29,30)(H,22,23,24,25)/t8-/m0/s1. The molecule has 0 bridgehead atoms. The van der Waals surface area contributed by atoms with E-state index in [0.717, 1.165) is 10.8 Å². The van der Waals surface area contributed by atoms with Crippen LogP contribution in [0.1, 0.15) is 0 Å². The van der Waals surface area contributed by atoms with E-state index in [2.05, 4.69) is 25.6 Å². The van der Waals surface area contributed by atoms with Gasteiger partial charge in [-0.05, 0) is 22.9 Å². The summed E-state index contributed by atoms with van der Waals surface area (Å²) >= 11 is 1.23. The Labute approximate surface area is 191 Å². The van der Waals surface area contributed by atoms with Gasteiger partial charge in [0.1, 0.15) is 4.90 Å². The number of aliphatic hydroxyl groups is 1. The van der Waals surface area contributed by atoms with Crippen LogP contribution < -0.4 is 16.6 Å². The fourth-order valence-electron chi connectivity index (χ4n) is 3.40. The van der Waals surface area contributed by atoms with Crippen LogP contribution in [0.15, 0.2) is 40.1 Å². The van der Waals surface area contributed by atoms with Gasteiger partial charge in [-0.15, -0.1) is 10.2 Å². The molecule has 174 valence electrons. The molecule has 0 saturated carbocycles. The molecule has 13 nitrogen and oxygen atoms in total. The molecular formula is C17H18N8O5S3. The maximum Gasteiger partial charge on any atom is 0.240 e. The van der Waals surface area contributed by atoms with E-state index in [4.69, 9.17) is 16.6 Å². The molecule has 0 spiro atoms. The van der Waals surface area contributed by atoms with Crippen LogP contribution in [0, 0.1) is 0 Å². The van der Waals surface area contributed by atoms with E-state index in [0.29, 0.717) is 16.2 Å². The number of nitrogen functional groups attached to an aromatic ring is 1. The lowest BCUT2D eigenvalue weighted by Crippen LogP contribution is -2.30. The van der Waals surface area contributed by atoms with Crippen molar-refractivity contribution in [3.05, 3.63) is 30.3 Å². The summed E-state index contributed by atoms with van der Waals surface area (Å²) in [5.41, 5.74) is 12.2. The summed E-state index contributed by atoms with van der Waals surface area (Å²) in [6.07, 6.45) is -1.41. The minimum atomic E-state index is -4.65. The topological polar surface area (TPSA) is 234 Å². The molecule has 1 atom stereocenters. The van der Waals surface area contributed by atoms with Gasteiger partial charge < -0.3 is 16.6 Å². The summed E-state index contributed by atoms with van der Waals surface area (Å²) in [6, 6.07) is 7.67. The van der Waals surface area contributed by atoms with Crippen LogP contribution in [0.5, 0.6) is 0 Å². The van der Waals surface area contributed by atoms with Gasteiger partial charge >= 0.3 is 0 Å². The Morgan fingerprint density at radius 3 is 2.52 bits per heavy atom. The van der Waals surface area contributed by atoms with E-state index >= 15 is 0 Å². The molecular weight excluding hydrogens is 492 g/mol. The highest BCUT2D eigenvalue weighted by Crippen LogP contribution is 2.42. The van der Waals surface area contributed by atoms with Gasteiger partial charge in [0.15, 0.2) is 15.0 Å². The second kappa shape index (κ2) is 8.40. The van der Waals surface area contributed by atoms with Gasteiger partial charge in [0.2, 0.25) is 15.8 Å². The van der Waals surface area contributed by atoms with Crippen LogP contribution in [-0.2, 0) is 19.9 Å². The number of hydrogen-bond donors (Lipinski definition) is 5. The number of tetrazole rings is 1. The Hall–Kier alpha value is -3.02. The number of primary sulfonamides is 1. The smallest absolute Gasteiger partial charge is 0.240 e. The third kappa shape index (κ3) is 4.31. The molecule has 2 aromatic heterocycles. The van der Waals surface area contributed by atoms with Crippen molar-refractivity contribution >= 4 is 46.5 Å². The number of anilines is 1. The molecule has 0 aliphatic rings. The molecule has 0 unspecified atom stereocenters. The number of H-pyrrole nitrogens is 1. The number of fused-ring (bicyclic) bond motifs is 1. The first-order valence-electron chi connectivity index (χ1n) is 9.23. The number of aliphatic hydroxyl groups excluding tert-OH is 1. The number of sulfone groups is 1. The van der Waals surface area contributed by atoms with Crippen molar-refractivity contribution in [3.8, 4) is 22.5 Å². The van der Waals surface area contributed by atoms with E-state index in [-0.39, 0.29) is 23.5 Å². The highest BCUT2D eigenvalue weighted by Gasteiger charge is 2.33. The van der Waals surface area contributed by atoms with Crippen molar-refractivity contribution in [3.63, 3.8) is 0 Å². The summed E-state index contributed by atoms with van der Waals surface area (Å²) in [4.78, 5) is 2.96. The van der Waals surface area contributed by atoms with Crippen molar-refractivity contribution < 1.29 is 21.9 Å². The molecule has 33 heavy (non-hydrogen) atoms. The van der Waals surface area contributed by atoms with Gasteiger partial charge in [-0.25, -0.2) is 27.0 Å². The number of nitrogens with two attached hydrogens (primary N) is 3. The Kier molecular flexibility index (Phi) is 5.89. The average molecular weight is 511 g/mol. The van der Waals surface area contributed by atoms with E-state index in [1.165, 1.54) is 17.4 Å². The monoisotopic (exact) mass is 510 g/mol. The third-order valence-corrected chi connectivity index (χ3v) is 8.53. The number of sulfonamides is 1. The second-order valence-electron chi connectivity index (χ2n) is 6.97. The van der Waals surface area contributed by atoms with Crippen molar-refractivity contribution in [1.29, 1.82) is 0 Å². The van der Waals surface area contributed by atoms with Crippen molar-refractivity contribution in [2.24, 2.45) is 10.9 Å². The SMILES string of the molecule is NC[C@H](O)CS(=O)(=O)c1ccc(-c2cccc3sc(N)nc23)c(-c2nn[nH]n2)c1S(N)(=O)=O. The first kappa shape index (κ1) is 23.1. The Morgan fingerprint density at radius 2 is 1.88 bits per heavy atom. The Balaban J connectivity index is 2.13. The summed E-state index contributed by atoms with van der Waals surface area (Å²) in [6.45, 7) is -0.340. The van der Waals surface area contributed by atoms with Crippen molar-refractivity contribution in [2.75, 3.05) is 18.0 Å². The predicted octanol–water partition coefficient (Wildman–Crippen LogP) is -0.534. The van der Waals surface area contributed by atoms with Crippen molar-refractivity contribution in [2.45, 2.75) is 15.9 Å². The highest BCUT2D eigenvalue weighted by atomic mass is 32.2.